The molecule has 1 aromatic heterocycles. The molecule has 2 aromatic rings. The zero-order chi connectivity index (χ0) is 22.1. The number of pyridine rings is 1. The third-order valence-corrected chi connectivity index (χ3v) is 5.69. The van der Waals surface area contributed by atoms with Crippen LogP contribution in [0.5, 0.6) is 5.75 Å². The van der Waals surface area contributed by atoms with E-state index in [-0.39, 0.29) is 12.8 Å². The van der Waals surface area contributed by atoms with Gasteiger partial charge in [0.05, 0.1) is 6.54 Å². The Labute approximate surface area is 177 Å². The molecular weight excluding hydrogens is 408 g/mol. The second-order valence-electron chi connectivity index (χ2n) is 7.86. The minimum absolute atomic E-state index is 0.141. The average molecular weight is 429 g/mol. The fraction of sp³-hybridized carbons (Fsp3) is 0.364. The van der Waals surface area contributed by atoms with Gasteiger partial charge in [-0.25, -0.2) is 13.6 Å². The van der Waals surface area contributed by atoms with Crippen LogP contribution in [-0.4, -0.2) is 45.6 Å². The van der Waals surface area contributed by atoms with Gasteiger partial charge in [0.25, 0.3) is 5.91 Å². The Morgan fingerprint density at radius 3 is 2.45 bits per heavy atom. The van der Waals surface area contributed by atoms with Gasteiger partial charge in [-0.1, -0.05) is 6.07 Å². The number of imide groups is 1. The highest BCUT2D eigenvalue weighted by molar-refractivity contribution is 6.11. The highest BCUT2D eigenvalue weighted by atomic mass is 19.3. The van der Waals surface area contributed by atoms with E-state index in [1.54, 1.807) is 42.7 Å². The molecule has 1 saturated carbocycles. The molecular formula is C22H21F2N3O4. The molecule has 0 unspecified atom stereocenters. The van der Waals surface area contributed by atoms with Gasteiger partial charge < -0.3 is 10.1 Å². The summed E-state index contributed by atoms with van der Waals surface area (Å²) in [5.74, 6) is -3.32. The lowest BCUT2D eigenvalue weighted by Gasteiger charge is -2.34. The molecule has 1 saturated heterocycles. The molecule has 1 aliphatic carbocycles. The molecule has 1 N–H and O–H groups in total. The molecule has 2 heterocycles. The summed E-state index contributed by atoms with van der Waals surface area (Å²) in [5.41, 5.74) is -0.121. The number of halogens is 2. The Morgan fingerprint density at radius 2 is 1.81 bits per heavy atom. The van der Waals surface area contributed by atoms with E-state index in [4.69, 9.17) is 4.74 Å². The monoisotopic (exact) mass is 429 g/mol. The SMILES string of the molecule is O=C(CN1C(=O)NC2(CCC(F)(F)CC2)C1=O)c1ccc(OCc2cccnc2)cc1. The number of amides is 3. The van der Waals surface area contributed by atoms with Crippen molar-refractivity contribution in [2.45, 2.75) is 43.8 Å². The lowest BCUT2D eigenvalue weighted by atomic mass is 9.80. The lowest BCUT2D eigenvalue weighted by molar-refractivity contribution is -0.135. The fourth-order valence-corrected chi connectivity index (χ4v) is 3.82. The van der Waals surface area contributed by atoms with Crippen LogP contribution >= 0.6 is 0 Å². The van der Waals surface area contributed by atoms with Crippen LogP contribution in [0, 0.1) is 0 Å². The third-order valence-electron chi connectivity index (χ3n) is 5.69. The number of carbonyl (C=O) groups is 3. The number of rotatable bonds is 6. The van der Waals surface area contributed by atoms with Gasteiger partial charge >= 0.3 is 6.03 Å². The van der Waals surface area contributed by atoms with Gasteiger partial charge in [-0.2, -0.15) is 0 Å². The second kappa shape index (κ2) is 8.05. The molecule has 0 radical (unpaired) electrons. The van der Waals surface area contributed by atoms with Crippen molar-refractivity contribution in [3.05, 3.63) is 59.9 Å². The van der Waals surface area contributed by atoms with Gasteiger partial charge in [0.15, 0.2) is 5.78 Å². The average Bonchev–Trinajstić information content (AvgIpc) is 3.00. The van der Waals surface area contributed by atoms with Crippen molar-refractivity contribution in [1.29, 1.82) is 0 Å². The van der Waals surface area contributed by atoms with Crippen molar-refractivity contribution in [2.75, 3.05) is 6.54 Å². The van der Waals surface area contributed by atoms with E-state index in [2.05, 4.69) is 10.3 Å². The number of benzene rings is 1. The predicted octanol–water partition coefficient (Wildman–Crippen LogP) is 3.34. The van der Waals surface area contributed by atoms with E-state index in [1.807, 2.05) is 6.07 Å². The highest BCUT2D eigenvalue weighted by Gasteiger charge is 2.55. The van der Waals surface area contributed by atoms with E-state index in [1.165, 1.54) is 0 Å². The van der Waals surface area contributed by atoms with Gasteiger partial charge in [0.1, 0.15) is 17.9 Å². The number of hydrogen-bond acceptors (Lipinski definition) is 5. The molecule has 2 fully saturated rings. The van der Waals surface area contributed by atoms with Gasteiger partial charge in [-0.15, -0.1) is 0 Å². The molecule has 1 aliphatic heterocycles. The topological polar surface area (TPSA) is 88.6 Å². The predicted molar refractivity (Wildman–Crippen MR) is 106 cm³/mol. The number of ether oxygens (including phenoxy) is 1. The number of Topliss-reactive ketones (excluding diaryl/α,β-unsaturated/α-hetero) is 1. The summed E-state index contributed by atoms with van der Waals surface area (Å²) in [6, 6.07) is 9.31. The van der Waals surface area contributed by atoms with E-state index >= 15 is 0 Å². The fourth-order valence-electron chi connectivity index (χ4n) is 3.82. The first kappa shape index (κ1) is 20.9. The Kier molecular flexibility index (Phi) is 5.43. The number of nitrogens with zero attached hydrogens (tertiary/aromatic N) is 2. The highest BCUT2D eigenvalue weighted by Crippen LogP contribution is 2.41. The first-order valence-electron chi connectivity index (χ1n) is 9.95. The molecule has 162 valence electrons. The smallest absolute Gasteiger partial charge is 0.325 e. The Morgan fingerprint density at radius 1 is 1.10 bits per heavy atom. The van der Waals surface area contributed by atoms with Crippen molar-refractivity contribution in [2.24, 2.45) is 0 Å². The van der Waals surface area contributed by atoms with E-state index in [9.17, 15) is 23.2 Å². The normalized spacial score (nSPS) is 19.4. The third kappa shape index (κ3) is 4.40. The number of nitrogens with one attached hydrogen (secondary N) is 1. The number of ketones is 1. The molecule has 7 nitrogen and oxygen atoms in total. The van der Waals surface area contributed by atoms with Crippen LogP contribution in [0.25, 0.3) is 0 Å². The Bertz CT molecular complexity index is 986. The molecule has 3 amide bonds. The molecule has 0 atom stereocenters. The quantitative estimate of drug-likeness (QED) is 0.562. The van der Waals surface area contributed by atoms with Gasteiger partial charge in [-0.05, 0) is 43.2 Å². The first-order valence-corrected chi connectivity index (χ1v) is 9.95. The maximum absolute atomic E-state index is 13.5. The van der Waals surface area contributed by atoms with E-state index < -0.39 is 48.6 Å². The Hall–Kier alpha value is -3.36. The zero-order valence-electron chi connectivity index (χ0n) is 16.6. The number of aromatic nitrogens is 1. The van der Waals surface area contributed by atoms with Crippen LogP contribution in [0.1, 0.15) is 41.6 Å². The van der Waals surface area contributed by atoms with Crippen LogP contribution in [-0.2, 0) is 11.4 Å². The van der Waals surface area contributed by atoms with Crippen molar-refractivity contribution in [3.63, 3.8) is 0 Å². The molecule has 31 heavy (non-hydrogen) atoms. The molecule has 4 rings (SSSR count). The maximum Gasteiger partial charge on any atom is 0.325 e. The van der Waals surface area contributed by atoms with Crippen molar-refractivity contribution in [3.8, 4) is 5.75 Å². The summed E-state index contributed by atoms with van der Waals surface area (Å²) < 4.78 is 32.6. The van der Waals surface area contributed by atoms with Gasteiger partial charge in [0, 0.05) is 36.4 Å². The Balaban J connectivity index is 1.37. The van der Waals surface area contributed by atoms with Crippen LogP contribution in [0.15, 0.2) is 48.8 Å². The molecule has 9 heteroatoms. The molecule has 1 aromatic carbocycles. The summed E-state index contributed by atoms with van der Waals surface area (Å²) >= 11 is 0. The van der Waals surface area contributed by atoms with Crippen molar-refractivity contribution < 1.29 is 27.9 Å². The largest absolute Gasteiger partial charge is 0.489 e. The standard InChI is InChI=1S/C22H21F2N3O4/c23-22(24)9-7-21(8-10-22)19(29)27(20(30)26-21)13-18(28)16-3-5-17(6-4-16)31-14-15-2-1-11-25-12-15/h1-6,11-12H,7-10,13-14H2,(H,26,30). The van der Waals surface area contributed by atoms with E-state index in [0.29, 0.717) is 17.9 Å². The number of hydrogen-bond donors (Lipinski definition) is 1. The minimum atomic E-state index is -2.83. The molecule has 1 spiro atoms. The number of urea groups is 1. The van der Waals surface area contributed by atoms with Crippen molar-refractivity contribution in [1.82, 2.24) is 15.2 Å². The summed E-state index contributed by atoms with van der Waals surface area (Å²) in [6.45, 7) is -0.122. The van der Waals surface area contributed by atoms with Crippen LogP contribution < -0.4 is 10.1 Å². The second-order valence-corrected chi connectivity index (χ2v) is 7.86. The minimum Gasteiger partial charge on any atom is -0.489 e. The lowest BCUT2D eigenvalue weighted by Crippen LogP contribution is -2.51. The van der Waals surface area contributed by atoms with Crippen LogP contribution in [0.2, 0.25) is 0 Å². The van der Waals surface area contributed by atoms with Gasteiger partial charge in [-0.3, -0.25) is 19.5 Å². The summed E-state index contributed by atoms with van der Waals surface area (Å²) in [6.07, 6.45) is 2.13. The van der Waals surface area contributed by atoms with Gasteiger partial charge in [0.2, 0.25) is 5.92 Å². The summed E-state index contributed by atoms with van der Waals surface area (Å²) in [5, 5.41) is 2.53. The summed E-state index contributed by atoms with van der Waals surface area (Å²) in [7, 11) is 0. The zero-order valence-corrected chi connectivity index (χ0v) is 16.6. The maximum atomic E-state index is 13.5. The number of carbonyl (C=O) groups excluding carboxylic acids is 3. The summed E-state index contributed by atoms with van der Waals surface area (Å²) in [4.78, 5) is 42.5. The van der Waals surface area contributed by atoms with Crippen LogP contribution in [0.4, 0.5) is 13.6 Å². The van der Waals surface area contributed by atoms with Crippen molar-refractivity contribution >= 4 is 17.7 Å². The molecule has 0 bridgehead atoms. The number of alkyl halides is 2. The molecule has 2 aliphatic rings. The first-order chi connectivity index (χ1) is 14.8. The van der Waals surface area contributed by atoms with Crippen LogP contribution in [0.3, 0.4) is 0 Å². The van der Waals surface area contributed by atoms with E-state index in [0.717, 1.165) is 10.5 Å².